The summed E-state index contributed by atoms with van der Waals surface area (Å²) in [6.45, 7) is 4.16. The van der Waals surface area contributed by atoms with Crippen LogP contribution >= 0.6 is 11.8 Å². The van der Waals surface area contributed by atoms with Crippen LogP contribution in [0.1, 0.15) is 52.4 Å². The SMILES string of the molecule is CCC[C@]1(C)SC(N[C@H]2C[C@@H]3CCC2C3)=NC1=O. The molecule has 0 saturated heterocycles. The molecule has 100 valence electrons. The van der Waals surface area contributed by atoms with Gasteiger partial charge in [-0.3, -0.25) is 4.79 Å². The minimum Gasteiger partial charge on any atom is -0.361 e. The van der Waals surface area contributed by atoms with Crippen LogP contribution in [0.3, 0.4) is 0 Å². The molecule has 18 heavy (non-hydrogen) atoms. The summed E-state index contributed by atoms with van der Waals surface area (Å²) in [5, 5.41) is 4.43. The van der Waals surface area contributed by atoms with Gasteiger partial charge in [0.1, 0.15) is 4.75 Å². The summed E-state index contributed by atoms with van der Waals surface area (Å²) in [5.74, 6) is 1.81. The molecule has 3 aliphatic rings. The number of hydrogen-bond donors (Lipinski definition) is 1. The zero-order chi connectivity index (χ0) is 12.8. The van der Waals surface area contributed by atoms with Crippen LogP contribution in [-0.4, -0.2) is 21.9 Å². The molecule has 2 bridgehead atoms. The van der Waals surface area contributed by atoms with E-state index >= 15 is 0 Å². The van der Waals surface area contributed by atoms with Crippen LogP contribution < -0.4 is 5.32 Å². The first-order valence-electron chi connectivity index (χ1n) is 7.19. The highest BCUT2D eigenvalue weighted by atomic mass is 32.2. The summed E-state index contributed by atoms with van der Waals surface area (Å²) in [7, 11) is 0. The summed E-state index contributed by atoms with van der Waals surface area (Å²) in [4.78, 5) is 16.2. The number of carbonyl (C=O) groups excluding carboxylic acids is 1. The van der Waals surface area contributed by atoms with Gasteiger partial charge in [-0.05, 0) is 44.4 Å². The Morgan fingerprint density at radius 1 is 1.44 bits per heavy atom. The molecule has 1 N–H and O–H groups in total. The van der Waals surface area contributed by atoms with Crippen molar-refractivity contribution in [3.8, 4) is 0 Å². The third kappa shape index (κ3) is 2.09. The minimum atomic E-state index is -0.311. The molecule has 0 aromatic rings. The van der Waals surface area contributed by atoms with Crippen molar-refractivity contribution >= 4 is 22.8 Å². The molecule has 3 rings (SSSR count). The van der Waals surface area contributed by atoms with E-state index in [-0.39, 0.29) is 10.7 Å². The number of hydrogen-bond acceptors (Lipinski definition) is 3. The van der Waals surface area contributed by atoms with E-state index in [0.29, 0.717) is 6.04 Å². The van der Waals surface area contributed by atoms with E-state index in [1.165, 1.54) is 25.7 Å². The number of fused-ring (bicyclic) bond motifs is 2. The number of carbonyl (C=O) groups is 1. The van der Waals surface area contributed by atoms with E-state index < -0.39 is 0 Å². The van der Waals surface area contributed by atoms with Crippen LogP contribution in [0.15, 0.2) is 4.99 Å². The number of aliphatic imine (C=N–C) groups is 1. The van der Waals surface area contributed by atoms with Gasteiger partial charge in [0.2, 0.25) is 0 Å². The summed E-state index contributed by atoms with van der Waals surface area (Å²) in [6.07, 6.45) is 7.39. The fourth-order valence-electron chi connectivity index (χ4n) is 3.77. The second kappa shape index (κ2) is 4.55. The van der Waals surface area contributed by atoms with Crippen LogP contribution in [0.25, 0.3) is 0 Å². The lowest BCUT2D eigenvalue weighted by atomic mass is 9.96. The summed E-state index contributed by atoms with van der Waals surface area (Å²) >= 11 is 1.65. The van der Waals surface area contributed by atoms with Crippen molar-refractivity contribution < 1.29 is 4.79 Å². The number of amides is 1. The number of amidine groups is 1. The van der Waals surface area contributed by atoms with Crippen molar-refractivity contribution in [1.82, 2.24) is 5.32 Å². The third-order valence-electron chi connectivity index (χ3n) is 4.75. The Morgan fingerprint density at radius 2 is 2.28 bits per heavy atom. The molecular weight excluding hydrogens is 244 g/mol. The number of nitrogens with zero attached hydrogens (tertiary/aromatic N) is 1. The van der Waals surface area contributed by atoms with Crippen molar-refractivity contribution in [2.45, 2.75) is 63.2 Å². The fraction of sp³-hybridized carbons (Fsp3) is 0.857. The van der Waals surface area contributed by atoms with Crippen LogP contribution in [0.4, 0.5) is 0 Å². The van der Waals surface area contributed by atoms with Gasteiger partial charge in [-0.2, -0.15) is 4.99 Å². The molecular formula is C14H22N2OS. The number of thioether (sulfide) groups is 1. The molecule has 1 amide bonds. The molecule has 0 aromatic heterocycles. The molecule has 3 nitrogen and oxygen atoms in total. The van der Waals surface area contributed by atoms with E-state index in [4.69, 9.17) is 0 Å². The first-order chi connectivity index (χ1) is 8.60. The fourth-order valence-corrected chi connectivity index (χ4v) is 4.97. The average molecular weight is 266 g/mol. The Kier molecular flexibility index (Phi) is 3.16. The molecule has 4 atom stereocenters. The maximum atomic E-state index is 12.0. The Balaban J connectivity index is 1.62. The highest BCUT2D eigenvalue weighted by molar-refractivity contribution is 8.16. The van der Waals surface area contributed by atoms with Crippen LogP contribution in [0.2, 0.25) is 0 Å². The molecule has 1 aliphatic heterocycles. The molecule has 2 aliphatic carbocycles. The van der Waals surface area contributed by atoms with Crippen LogP contribution in [-0.2, 0) is 4.79 Å². The first kappa shape index (κ1) is 12.5. The zero-order valence-corrected chi connectivity index (χ0v) is 12.1. The molecule has 0 aromatic carbocycles. The summed E-state index contributed by atoms with van der Waals surface area (Å²) in [6, 6.07) is 0.576. The monoisotopic (exact) mass is 266 g/mol. The first-order valence-corrected chi connectivity index (χ1v) is 8.01. The van der Waals surface area contributed by atoms with Gasteiger partial charge in [-0.15, -0.1) is 0 Å². The molecule has 1 unspecified atom stereocenters. The zero-order valence-electron chi connectivity index (χ0n) is 11.2. The lowest BCUT2D eigenvalue weighted by molar-refractivity contribution is -0.119. The topological polar surface area (TPSA) is 41.5 Å². The van der Waals surface area contributed by atoms with E-state index in [9.17, 15) is 4.79 Å². The van der Waals surface area contributed by atoms with Crippen molar-refractivity contribution in [3.05, 3.63) is 0 Å². The maximum absolute atomic E-state index is 12.0. The molecule has 1 heterocycles. The lowest BCUT2D eigenvalue weighted by Gasteiger charge is -2.24. The number of rotatable bonds is 3. The highest BCUT2D eigenvalue weighted by Gasteiger charge is 2.44. The standard InChI is InChI=1S/C14H22N2OS/c1-3-6-14(2)12(17)16-13(18-14)15-11-8-9-4-5-10(11)7-9/h9-11H,3-8H2,1-2H3,(H,15,16,17)/t9-,10?,11+,14+/m1/s1. The van der Waals surface area contributed by atoms with Gasteiger partial charge >= 0.3 is 0 Å². The van der Waals surface area contributed by atoms with Crippen molar-refractivity contribution in [2.75, 3.05) is 0 Å². The molecule has 2 saturated carbocycles. The Morgan fingerprint density at radius 3 is 2.89 bits per heavy atom. The van der Waals surface area contributed by atoms with E-state index in [0.717, 1.165) is 29.8 Å². The Bertz CT molecular complexity index is 395. The largest absolute Gasteiger partial charge is 0.361 e. The Labute approximate surface area is 113 Å². The maximum Gasteiger partial charge on any atom is 0.264 e. The summed E-state index contributed by atoms with van der Waals surface area (Å²) < 4.78 is -0.311. The number of nitrogens with one attached hydrogen (secondary N) is 1. The van der Waals surface area contributed by atoms with Crippen molar-refractivity contribution in [1.29, 1.82) is 0 Å². The van der Waals surface area contributed by atoms with Gasteiger partial charge in [0.05, 0.1) is 0 Å². The normalized spacial score (nSPS) is 42.4. The Hall–Kier alpha value is -0.510. The molecule has 0 spiro atoms. The van der Waals surface area contributed by atoms with E-state index in [2.05, 4.69) is 17.2 Å². The second-order valence-corrected chi connectivity index (χ2v) is 7.72. The third-order valence-corrected chi connectivity index (χ3v) is 5.98. The van der Waals surface area contributed by atoms with Gasteiger partial charge in [-0.25, -0.2) is 0 Å². The van der Waals surface area contributed by atoms with Crippen LogP contribution in [0.5, 0.6) is 0 Å². The van der Waals surface area contributed by atoms with Crippen molar-refractivity contribution in [3.63, 3.8) is 0 Å². The minimum absolute atomic E-state index is 0.0556. The van der Waals surface area contributed by atoms with Gasteiger partial charge in [-0.1, -0.05) is 31.5 Å². The average Bonchev–Trinajstić information content (AvgIpc) is 2.96. The van der Waals surface area contributed by atoms with Gasteiger partial charge in [0.15, 0.2) is 5.17 Å². The van der Waals surface area contributed by atoms with E-state index in [1.54, 1.807) is 11.8 Å². The quantitative estimate of drug-likeness (QED) is 0.854. The second-order valence-electron chi connectivity index (χ2n) is 6.23. The van der Waals surface area contributed by atoms with Crippen molar-refractivity contribution in [2.24, 2.45) is 16.8 Å². The predicted octanol–water partition coefficient (Wildman–Crippen LogP) is 2.95. The molecule has 0 radical (unpaired) electrons. The van der Waals surface area contributed by atoms with Gasteiger partial charge in [0, 0.05) is 6.04 Å². The molecule has 2 fully saturated rings. The van der Waals surface area contributed by atoms with E-state index in [1.807, 2.05) is 6.92 Å². The summed E-state index contributed by atoms with van der Waals surface area (Å²) in [5.41, 5.74) is 0. The van der Waals surface area contributed by atoms with Crippen LogP contribution in [0, 0.1) is 11.8 Å². The van der Waals surface area contributed by atoms with Gasteiger partial charge in [0.25, 0.3) is 5.91 Å². The van der Waals surface area contributed by atoms with Gasteiger partial charge < -0.3 is 5.32 Å². The highest BCUT2D eigenvalue weighted by Crippen LogP contribution is 2.45. The lowest BCUT2D eigenvalue weighted by Crippen LogP contribution is -2.37. The predicted molar refractivity (Wildman–Crippen MR) is 75.7 cm³/mol. The smallest absolute Gasteiger partial charge is 0.264 e. The molecule has 4 heteroatoms.